The Morgan fingerprint density at radius 2 is 2.28 bits per heavy atom. The number of nitrogens with zero attached hydrogens (tertiary/aromatic N) is 2. The van der Waals surface area contributed by atoms with Gasteiger partial charge in [-0.1, -0.05) is 6.07 Å². The fourth-order valence-electron chi connectivity index (χ4n) is 1.91. The summed E-state index contributed by atoms with van der Waals surface area (Å²) in [4.78, 5) is 6.33. The fraction of sp³-hybridized carbons (Fsp3) is 0.615. The van der Waals surface area contributed by atoms with Crippen molar-refractivity contribution in [3.8, 4) is 0 Å². The lowest BCUT2D eigenvalue weighted by Crippen LogP contribution is -2.51. The van der Waals surface area contributed by atoms with Gasteiger partial charge in [-0.3, -0.25) is 9.88 Å². The highest BCUT2D eigenvalue weighted by atomic mass is 16.5. The van der Waals surface area contributed by atoms with E-state index in [0.717, 1.165) is 18.7 Å². The molecule has 0 saturated carbocycles. The lowest BCUT2D eigenvalue weighted by Gasteiger charge is -2.30. The van der Waals surface area contributed by atoms with Gasteiger partial charge in [0.1, 0.15) is 0 Å². The van der Waals surface area contributed by atoms with E-state index in [2.05, 4.69) is 9.88 Å². The van der Waals surface area contributed by atoms with Crippen molar-refractivity contribution in [1.29, 1.82) is 0 Å². The Morgan fingerprint density at radius 3 is 2.83 bits per heavy atom. The van der Waals surface area contributed by atoms with Crippen LogP contribution in [-0.4, -0.2) is 61.0 Å². The molecule has 0 aliphatic rings. The van der Waals surface area contributed by atoms with E-state index in [1.807, 2.05) is 25.2 Å². The SMILES string of the molecule is COCC(N)C(CO)N(C)CCc1ccccn1. The summed E-state index contributed by atoms with van der Waals surface area (Å²) in [7, 11) is 3.57. The molecule has 0 amide bonds. The van der Waals surface area contributed by atoms with E-state index in [-0.39, 0.29) is 18.7 Å². The molecule has 1 heterocycles. The van der Waals surface area contributed by atoms with Gasteiger partial charge in [-0.05, 0) is 19.2 Å². The van der Waals surface area contributed by atoms with Crippen LogP contribution < -0.4 is 5.73 Å². The summed E-state index contributed by atoms with van der Waals surface area (Å²) in [6.07, 6.45) is 2.63. The van der Waals surface area contributed by atoms with Crippen LogP contribution in [0.4, 0.5) is 0 Å². The molecule has 5 nitrogen and oxygen atoms in total. The zero-order valence-electron chi connectivity index (χ0n) is 11.1. The van der Waals surface area contributed by atoms with Gasteiger partial charge in [0.15, 0.2) is 0 Å². The molecule has 2 unspecified atom stereocenters. The standard InChI is InChI=1S/C13H23N3O2/c1-16(13(9-17)12(14)10-18-2)8-6-11-5-3-4-7-15-11/h3-5,7,12-13,17H,6,8-10,14H2,1-2H3. The van der Waals surface area contributed by atoms with Crippen LogP contribution >= 0.6 is 0 Å². The normalized spacial score (nSPS) is 14.7. The number of aliphatic hydroxyl groups is 1. The average molecular weight is 253 g/mol. The number of methoxy groups -OCH3 is 1. The third-order valence-corrected chi connectivity index (χ3v) is 3.05. The van der Waals surface area contributed by atoms with Crippen molar-refractivity contribution in [2.45, 2.75) is 18.5 Å². The van der Waals surface area contributed by atoms with Gasteiger partial charge in [0.25, 0.3) is 0 Å². The second-order valence-corrected chi connectivity index (χ2v) is 4.42. The molecule has 1 aromatic rings. The molecule has 2 atom stereocenters. The highest BCUT2D eigenvalue weighted by Crippen LogP contribution is 2.03. The van der Waals surface area contributed by atoms with Crippen LogP contribution in [-0.2, 0) is 11.2 Å². The maximum absolute atomic E-state index is 9.40. The van der Waals surface area contributed by atoms with E-state index < -0.39 is 0 Å². The van der Waals surface area contributed by atoms with E-state index in [1.165, 1.54) is 0 Å². The van der Waals surface area contributed by atoms with E-state index in [1.54, 1.807) is 13.3 Å². The van der Waals surface area contributed by atoms with E-state index >= 15 is 0 Å². The van der Waals surface area contributed by atoms with E-state index in [9.17, 15) is 5.11 Å². The summed E-state index contributed by atoms with van der Waals surface area (Å²) < 4.78 is 5.02. The molecule has 18 heavy (non-hydrogen) atoms. The smallest absolute Gasteiger partial charge is 0.0629 e. The van der Waals surface area contributed by atoms with Crippen LogP contribution in [0.15, 0.2) is 24.4 Å². The zero-order valence-corrected chi connectivity index (χ0v) is 11.1. The molecule has 1 rings (SSSR count). The fourth-order valence-corrected chi connectivity index (χ4v) is 1.91. The van der Waals surface area contributed by atoms with Crippen LogP contribution in [0.3, 0.4) is 0 Å². The van der Waals surface area contributed by atoms with Gasteiger partial charge in [-0.15, -0.1) is 0 Å². The number of nitrogens with two attached hydrogens (primary N) is 1. The maximum atomic E-state index is 9.40. The molecule has 1 aromatic heterocycles. The third kappa shape index (κ3) is 4.70. The summed E-state index contributed by atoms with van der Waals surface area (Å²) >= 11 is 0. The number of likely N-dealkylation sites (N-methyl/N-ethyl adjacent to an activating group) is 1. The number of hydrogen-bond acceptors (Lipinski definition) is 5. The molecular weight excluding hydrogens is 230 g/mol. The van der Waals surface area contributed by atoms with Crippen molar-refractivity contribution in [3.63, 3.8) is 0 Å². The highest BCUT2D eigenvalue weighted by molar-refractivity contribution is 5.03. The monoisotopic (exact) mass is 253 g/mol. The topological polar surface area (TPSA) is 71.6 Å². The minimum atomic E-state index is -0.186. The first-order valence-corrected chi connectivity index (χ1v) is 6.14. The van der Waals surface area contributed by atoms with Gasteiger partial charge in [-0.2, -0.15) is 0 Å². The second-order valence-electron chi connectivity index (χ2n) is 4.42. The minimum Gasteiger partial charge on any atom is -0.395 e. The number of pyridine rings is 1. The van der Waals surface area contributed by atoms with Crippen molar-refractivity contribution < 1.29 is 9.84 Å². The number of ether oxygens (including phenoxy) is 1. The molecule has 0 bridgehead atoms. The number of aliphatic hydroxyl groups excluding tert-OH is 1. The molecule has 0 radical (unpaired) electrons. The minimum absolute atomic E-state index is 0.0310. The van der Waals surface area contributed by atoms with E-state index in [0.29, 0.717) is 6.61 Å². The van der Waals surface area contributed by atoms with Gasteiger partial charge in [0.05, 0.1) is 13.2 Å². The van der Waals surface area contributed by atoms with Crippen LogP contribution in [0.25, 0.3) is 0 Å². The van der Waals surface area contributed by atoms with Crippen molar-refractivity contribution in [3.05, 3.63) is 30.1 Å². The van der Waals surface area contributed by atoms with Crippen molar-refractivity contribution >= 4 is 0 Å². The molecule has 5 heteroatoms. The molecular formula is C13H23N3O2. The average Bonchev–Trinajstić information content (AvgIpc) is 2.39. The molecule has 0 aromatic carbocycles. The quantitative estimate of drug-likeness (QED) is 0.676. The molecule has 0 aliphatic heterocycles. The van der Waals surface area contributed by atoms with Crippen molar-refractivity contribution in [2.75, 3.05) is 33.9 Å². The zero-order chi connectivity index (χ0) is 13.4. The van der Waals surface area contributed by atoms with E-state index in [4.69, 9.17) is 10.5 Å². The second kappa shape index (κ2) is 8.16. The Kier molecular flexibility index (Phi) is 6.82. The molecule has 3 N–H and O–H groups in total. The van der Waals surface area contributed by atoms with Gasteiger partial charge in [0.2, 0.25) is 0 Å². The third-order valence-electron chi connectivity index (χ3n) is 3.05. The molecule has 0 fully saturated rings. The Hall–Kier alpha value is -1.01. The van der Waals surface area contributed by atoms with Crippen LogP contribution in [0, 0.1) is 0 Å². The van der Waals surface area contributed by atoms with Gasteiger partial charge in [-0.25, -0.2) is 0 Å². The van der Waals surface area contributed by atoms with Gasteiger partial charge in [0, 0.05) is 44.0 Å². The first-order chi connectivity index (χ1) is 8.69. The summed E-state index contributed by atoms with van der Waals surface area (Å²) in [6.45, 7) is 1.28. The van der Waals surface area contributed by atoms with Crippen LogP contribution in [0.5, 0.6) is 0 Å². The first-order valence-electron chi connectivity index (χ1n) is 6.14. The Bertz CT molecular complexity index is 321. The molecule has 102 valence electrons. The predicted molar refractivity (Wildman–Crippen MR) is 71.3 cm³/mol. The Labute approximate surface area is 109 Å². The Balaban J connectivity index is 2.44. The van der Waals surface area contributed by atoms with Gasteiger partial charge >= 0.3 is 0 Å². The highest BCUT2D eigenvalue weighted by Gasteiger charge is 2.21. The molecule has 0 aliphatic carbocycles. The summed E-state index contributed by atoms with van der Waals surface area (Å²) in [5, 5.41) is 9.40. The van der Waals surface area contributed by atoms with Crippen molar-refractivity contribution in [1.82, 2.24) is 9.88 Å². The Morgan fingerprint density at radius 1 is 1.50 bits per heavy atom. The number of hydrogen-bond donors (Lipinski definition) is 2. The largest absolute Gasteiger partial charge is 0.395 e. The van der Waals surface area contributed by atoms with Crippen LogP contribution in [0.1, 0.15) is 5.69 Å². The first kappa shape index (κ1) is 15.0. The van der Waals surface area contributed by atoms with Crippen molar-refractivity contribution in [2.24, 2.45) is 5.73 Å². The summed E-state index contributed by atoms with van der Waals surface area (Å²) in [5.74, 6) is 0. The number of aromatic nitrogens is 1. The number of rotatable bonds is 8. The van der Waals surface area contributed by atoms with Gasteiger partial charge < -0.3 is 15.6 Å². The molecule has 0 saturated heterocycles. The lowest BCUT2D eigenvalue weighted by atomic mass is 10.1. The summed E-state index contributed by atoms with van der Waals surface area (Å²) in [5.41, 5.74) is 7.01. The van der Waals surface area contributed by atoms with Crippen LogP contribution in [0.2, 0.25) is 0 Å². The summed E-state index contributed by atoms with van der Waals surface area (Å²) in [6, 6.07) is 5.60. The maximum Gasteiger partial charge on any atom is 0.0629 e. The molecule has 0 spiro atoms. The lowest BCUT2D eigenvalue weighted by molar-refractivity contribution is 0.0859. The predicted octanol–water partition coefficient (Wildman–Crippen LogP) is -0.109.